The van der Waals surface area contributed by atoms with E-state index >= 15 is 28.8 Å². The number of hydrogen-bond donors (Lipinski definition) is 4. The van der Waals surface area contributed by atoms with Crippen molar-refractivity contribution in [2.24, 2.45) is 41.4 Å². The third kappa shape index (κ3) is 24.0. The molecule has 4 N–H and O–H groups in total. The molecule has 1 aliphatic rings. The lowest BCUT2D eigenvalue weighted by Crippen LogP contribution is -2.62. The van der Waals surface area contributed by atoms with E-state index in [1.54, 1.807) is 34.6 Å². The Kier molecular flexibility index (Phi) is 35.0. The summed E-state index contributed by atoms with van der Waals surface area (Å²) in [7, 11) is 14.2. The second-order valence-corrected chi connectivity index (χ2v) is 29.0. The highest BCUT2D eigenvalue weighted by atomic mass is 32.2. The van der Waals surface area contributed by atoms with Crippen molar-refractivity contribution in [2.75, 3.05) is 75.7 Å². The zero-order valence-electron chi connectivity index (χ0n) is 59.9. The first-order valence-corrected chi connectivity index (χ1v) is 33.6. The summed E-state index contributed by atoms with van der Waals surface area (Å²) < 4.78 is 0. The summed E-state index contributed by atoms with van der Waals surface area (Å²) in [5.41, 5.74) is 0. The Balaban J connectivity index is 4.47. The van der Waals surface area contributed by atoms with Gasteiger partial charge in [0.2, 0.25) is 59.1 Å². The lowest BCUT2D eigenvalue weighted by molar-refractivity contribution is -0.156. The molecule has 0 aromatic heterocycles. The van der Waals surface area contributed by atoms with Gasteiger partial charge in [0.25, 0.3) is 5.91 Å². The largest absolute Gasteiger partial charge is 0.343 e. The van der Waals surface area contributed by atoms with Gasteiger partial charge in [0.1, 0.15) is 60.4 Å². The van der Waals surface area contributed by atoms with Crippen LogP contribution in [-0.2, 0) is 52.7 Å². The van der Waals surface area contributed by atoms with Crippen LogP contribution in [0.4, 0.5) is 0 Å². The van der Waals surface area contributed by atoms with Gasteiger partial charge in [0.15, 0.2) is 5.37 Å². The molecule has 0 radical (unpaired) electrons. The molecule has 1 unspecified atom stereocenters. The molecule has 0 spiro atoms. The van der Waals surface area contributed by atoms with E-state index in [-0.39, 0.29) is 68.1 Å². The van der Waals surface area contributed by atoms with E-state index in [0.29, 0.717) is 18.7 Å². The highest BCUT2D eigenvalue weighted by Crippen LogP contribution is 2.27. The van der Waals surface area contributed by atoms with Gasteiger partial charge in [0.05, 0.1) is 0 Å². The Labute approximate surface area is 545 Å². The van der Waals surface area contributed by atoms with E-state index in [1.165, 1.54) is 109 Å². The van der Waals surface area contributed by atoms with Crippen molar-refractivity contribution in [3.8, 4) is 0 Å². The summed E-state index contributed by atoms with van der Waals surface area (Å²) in [6.07, 6.45) is 5.37. The van der Waals surface area contributed by atoms with Crippen molar-refractivity contribution >= 4 is 76.7 Å². The van der Waals surface area contributed by atoms with Gasteiger partial charge < -0.3 is 60.5 Å². The molecule has 1 aliphatic heterocycles. The van der Waals surface area contributed by atoms with Crippen molar-refractivity contribution in [2.45, 2.75) is 228 Å². The predicted molar refractivity (Wildman–Crippen MR) is 357 cm³/mol. The zero-order chi connectivity index (χ0) is 69.7. The number of carbonyl (C=O) groups excluding carboxylic acids is 11. The van der Waals surface area contributed by atoms with Crippen LogP contribution < -0.4 is 21.3 Å². The Hall–Kier alpha value is -5.78. The maximum Gasteiger partial charge on any atom is 0.256 e. The maximum absolute atomic E-state index is 15.3. The molecule has 1 rings (SSSR count). The summed E-state index contributed by atoms with van der Waals surface area (Å²) >= 11 is 1.19. The second kappa shape index (κ2) is 38.3. The Morgan fingerprint density at radius 2 is 0.844 bits per heavy atom. The van der Waals surface area contributed by atoms with Gasteiger partial charge in [0, 0.05) is 61.6 Å². The number of hydrogen-bond acceptors (Lipinski definition) is 13. The number of thioether (sulfide) groups is 1. The van der Waals surface area contributed by atoms with Gasteiger partial charge in [-0.2, -0.15) is 0 Å². The average molecular weight is 1290 g/mol. The van der Waals surface area contributed by atoms with E-state index in [0.717, 1.165) is 0 Å². The van der Waals surface area contributed by atoms with Crippen LogP contribution in [0.3, 0.4) is 0 Å². The fourth-order valence-corrected chi connectivity index (χ4v) is 12.5. The van der Waals surface area contributed by atoms with Crippen LogP contribution in [0, 0.1) is 41.4 Å². The van der Waals surface area contributed by atoms with Crippen molar-refractivity contribution in [3.05, 3.63) is 12.2 Å². The monoisotopic (exact) mass is 1290 g/mol. The first-order chi connectivity index (χ1) is 41.6. The highest BCUT2D eigenvalue weighted by molar-refractivity contribution is 8.00. The molecule has 1 heterocycles. The van der Waals surface area contributed by atoms with Crippen molar-refractivity contribution in [3.63, 3.8) is 0 Å². The molecule has 0 bridgehead atoms. The van der Waals surface area contributed by atoms with E-state index < -0.39 is 143 Å². The summed E-state index contributed by atoms with van der Waals surface area (Å²) in [5.74, 6) is -8.02. The highest BCUT2D eigenvalue weighted by Gasteiger charge is 2.45. The molecule has 23 nitrogen and oxygen atoms in total. The van der Waals surface area contributed by atoms with Gasteiger partial charge in [-0.05, 0) is 121 Å². The van der Waals surface area contributed by atoms with Crippen LogP contribution in [0.15, 0.2) is 12.2 Å². The molecular formula is C66H120N12O11S. The molecular weight excluding hydrogens is 1170 g/mol. The molecule has 0 saturated carbocycles. The number of amides is 11. The molecule has 11 amide bonds. The maximum atomic E-state index is 15.3. The van der Waals surface area contributed by atoms with Crippen molar-refractivity contribution in [1.29, 1.82) is 0 Å². The number of likely N-dealkylation sites (N-methyl/N-ethyl adjacent to an activating group) is 7. The smallest absolute Gasteiger partial charge is 0.256 e. The molecule has 0 aliphatic carbocycles. The topological polar surface area (TPSA) is 262 Å². The normalized spacial score (nSPS) is 26.6. The first kappa shape index (κ1) is 82.2. The van der Waals surface area contributed by atoms with E-state index in [1.807, 2.05) is 100 Å². The fourth-order valence-electron chi connectivity index (χ4n) is 11.2. The Morgan fingerprint density at radius 1 is 0.444 bits per heavy atom. The Morgan fingerprint density at radius 3 is 1.29 bits per heavy atom. The van der Waals surface area contributed by atoms with Gasteiger partial charge >= 0.3 is 0 Å². The Bertz CT molecular complexity index is 2440. The third-order valence-corrected chi connectivity index (χ3v) is 18.1. The van der Waals surface area contributed by atoms with Crippen LogP contribution in [0.5, 0.6) is 0 Å². The SMILES string of the molecule is C/C=C/C[C@@H](C)C[C@@H]1C(=O)N[C@H](CC)C(=O)N(C)[C@H](SCCN(C)C)C(=O)N(C)[C@@H](CC(C)C)C(=O)N[C@H](C(C)C)C(=O)N(C)[C@H](CC(C)C)C(=O)N[C@H](C)C(=O)N[C@H](C)C(=O)N(C)C(CC(C)C)C(=O)N(C)[C@H](CC(C)C)C(=O)N(C)[C@H](C(C)C)C(=O)N1C. The van der Waals surface area contributed by atoms with Gasteiger partial charge in [-0.25, -0.2) is 0 Å². The van der Waals surface area contributed by atoms with Crippen LogP contribution in [-0.4, -0.2) is 246 Å². The van der Waals surface area contributed by atoms with Crippen LogP contribution in [0.25, 0.3) is 0 Å². The number of carbonyl (C=O) groups is 11. The number of allylic oxidation sites excluding steroid dienone is 2. The standard InChI is InChI=1S/C66H120N12O11S/c1-27-29-30-44(15)37-50-57(81)69-47(28-2)60(84)78(26)66(90-32-31-71(18)19)65(89)74(22)49(34-39(5)6)58(82)70-53(42(11)12)63(87)72(20)48(33-38(3)4)56(80)67-45(16)55(79)68-46(17)59(83)75(23)51(35-40(7)8)61(85)76(24)52(36-41(9)10)62(86)77(25)54(43(13)14)64(88)73(50)21/h27,29,38-54,66H,28,30-37H2,1-26H3,(H,67,80)(H,68,79)(H,69,81)(H,70,82)/b29-27+/t44-,45-,46-,47-,48-,49+,50-,51?,52-,53-,54-,66-/m1/s1. The molecule has 1 fully saturated rings. The molecule has 12 atom stereocenters. The summed E-state index contributed by atoms with van der Waals surface area (Å²) in [6, 6.07) is -11.6. The first-order valence-electron chi connectivity index (χ1n) is 32.6. The van der Waals surface area contributed by atoms with Gasteiger partial charge in [-0.1, -0.05) is 109 Å². The molecule has 24 heteroatoms. The minimum atomic E-state index is -1.22. The second-order valence-electron chi connectivity index (χ2n) is 27.8. The lowest BCUT2D eigenvalue weighted by atomic mass is 9.93. The number of rotatable bonds is 19. The van der Waals surface area contributed by atoms with Crippen LogP contribution in [0.2, 0.25) is 0 Å². The minimum Gasteiger partial charge on any atom is -0.343 e. The number of nitrogens with one attached hydrogen (secondary N) is 4. The summed E-state index contributed by atoms with van der Waals surface area (Å²) in [5, 5.41) is 10.1. The lowest BCUT2D eigenvalue weighted by Gasteiger charge is -2.41. The van der Waals surface area contributed by atoms with Crippen molar-refractivity contribution < 1.29 is 52.7 Å². The van der Waals surface area contributed by atoms with E-state index in [9.17, 15) is 24.0 Å². The van der Waals surface area contributed by atoms with Gasteiger partial charge in [-0.3, -0.25) is 52.7 Å². The molecule has 1 saturated heterocycles. The van der Waals surface area contributed by atoms with E-state index in [2.05, 4.69) is 21.3 Å². The summed E-state index contributed by atoms with van der Waals surface area (Å²) in [6.45, 7) is 31.2. The molecule has 90 heavy (non-hydrogen) atoms. The summed E-state index contributed by atoms with van der Waals surface area (Å²) in [4.78, 5) is 174. The van der Waals surface area contributed by atoms with Crippen molar-refractivity contribution in [1.82, 2.24) is 60.5 Å². The quantitative estimate of drug-likeness (QED) is 0.125. The molecule has 0 aromatic rings. The minimum absolute atomic E-state index is 0.0913. The van der Waals surface area contributed by atoms with E-state index in [4.69, 9.17) is 0 Å². The van der Waals surface area contributed by atoms with Crippen LogP contribution >= 0.6 is 11.8 Å². The molecule has 516 valence electrons. The number of nitrogens with zero attached hydrogens (tertiary/aromatic N) is 8. The van der Waals surface area contributed by atoms with Crippen LogP contribution in [0.1, 0.15) is 163 Å². The van der Waals surface area contributed by atoms with Gasteiger partial charge in [-0.15, -0.1) is 11.8 Å². The fraction of sp³-hybridized carbons (Fsp3) is 0.803. The predicted octanol–water partition coefficient (Wildman–Crippen LogP) is 4.92. The average Bonchev–Trinajstić information content (AvgIpc) is 1.01. The zero-order valence-corrected chi connectivity index (χ0v) is 60.7. The molecule has 0 aromatic carbocycles. The third-order valence-electron chi connectivity index (χ3n) is 16.8.